The third-order valence-corrected chi connectivity index (χ3v) is 5.46. The van der Waals surface area contributed by atoms with Gasteiger partial charge in [0.25, 0.3) is 5.91 Å². The molecule has 4 rings (SSSR count). The van der Waals surface area contributed by atoms with E-state index in [1.54, 1.807) is 30.3 Å². The van der Waals surface area contributed by atoms with Crippen molar-refractivity contribution in [3.05, 3.63) is 84.1 Å². The minimum absolute atomic E-state index is 0.108. The van der Waals surface area contributed by atoms with E-state index in [4.69, 9.17) is 4.74 Å². The normalized spacial score (nSPS) is 12.1. The molecule has 1 amide bonds. The number of nitrogens with one attached hydrogen (secondary N) is 2. The van der Waals surface area contributed by atoms with Gasteiger partial charge in [-0.1, -0.05) is 36.4 Å². The molecule has 0 aliphatic heterocycles. The SMILES string of the molecule is CC(C)Oc1ccc(-c2cccc(O)c2)cc1C(=O)NC(CO)Cc1c[nH]c2ccccc12. The van der Waals surface area contributed by atoms with Crippen molar-refractivity contribution in [2.75, 3.05) is 6.61 Å². The maximum Gasteiger partial charge on any atom is 0.255 e. The third kappa shape index (κ3) is 5.18. The average Bonchev–Trinajstić information content (AvgIpc) is 3.21. The van der Waals surface area contributed by atoms with Crippen molar-refractivity contribution < 1.29 is 19.7 Å². The van der Waals surface area contributed by atoms with Crippen LogP contribution in [0.3, 0.4) is 0 Å². The highest BCUT2D eigenvalue weighted by atomic mass is 16.5. The van der Waals surface area contributed by atoms with Gasteiger partial charge in [0.2, 0.25) is 0 Å². The Kier molecular flexibility index (Phi) is 6.66. The van der Waals surface area contributed by atoms with Gasteiger partial charge in [-0.3, -0.25) is 4.79 Å². The molecular weight excluding hydrogens is 416 g/mol. The molecule has 6 nitrogen and oxygen atoms in total. The van der Waals surface area contributed by atoms with Crippen molar-refractivity contribution in [2.45, 2.75) is 32.4 Å². The number of para-hydroxylation sites is 1. The highest BCUT2D eigenvalue weighted by molar-refractivity contribution is 5.98. The zero-order valence-corrected chi connectivity index (χ0v) is 18.7. The standard InChI is InChI=1S/C27H28N2O4/c1-17(2)33-26-11-10-19(18-6-5-7-22(31)13-18)14-24(26)27(32)29-21(16-30)12-20-15-28-25-9-4-3-8-23(20)25/h3-11,13-15,17,21,28,30-31H,12,16H2,1-2H3,(H,29,32). The van der Waals surface area contributed by atoms with Crippen LogP contribution in [0.5, 0.6) is 11.5 Å². The van der Waals surface area contributed by atoms with Crippen molar-refractivity contribution >= 4 is 16.8 Å². The number of phenols is 1. The predicted octanol–water partition coefficient (Wildman–Crippen LogP) is 4.66. The number of hydrogen-bond acceptors (Lipinski definition) is 4. The number of benzene rings is 3. The van der Waals surface area contributed by atoms with Gasteiger partial charge in [0, 0.05) is 17.1 Å². The van der Waals surface area contributed by atoms with Crippen molar-refractivity contribution in [3.8, 4) is 22.6 Å². The van der Waals surface area contributed by atoms with E-state index in [9.17, 15) is 15.0 Å². The molecular formula is C27H28N2O4. The van der Waals surface area contributed by atoms with Gasteiger partial charge in [0.05, 0.1) is 24.3 Å². The van der Waals surface area contributed by atoms with Crippen LogP contribution in [0.15, 0.2) is 72.9 Å². The number of aromatic hydroxyl groups is 1. The van der Waals surface area contributed by atoms with Gasteiger partial charge in [-0.2, -0.15) is 0 Å². The number of ether oxygens (including phenoxy) is 1. The number of carbonyl (C=O) groups excluding carboxylic acids is 1. The van der Waals surface area contributed by atoms with Crippen LogP contribution in [0.4, 0.5) is 0 Å². The summed E-state index contributed by atoms with van der Waals surface area (Å²) in [7, 11) is 0. The number of aliphatic hydroxyl groups excluding tert-OH is 1. The molecule has 4 aromatic rings. The maximum absolute atomic E-state index is 13.3. The Hall–Kier alpha value is -3.77. The molecule has 3 aromatic carbocycles. The lowest BCUT2D eigenvalue weighted by atomic mass is 10.0. The Morgan fingerprint density at radius 3 is 2.58 bits per heavy atom. The second kappa shape index (κ2) is 9.79. The molecule has 33 heavy (non-hydrogen) atoms. The summed E-state index contributed by atoms with van der Waals surface area (Å²) in [5.41, 5.74) is 3.99. The number of amides is 1. The van der Waals surface area contributed by atoms with Crippen LogP contribution in [0.1, 0.15) is 29.8 Å². The summed E-state index contributed by atoms with van der Waals surface area (Å²) >= 11 is 0. The average molecular weight is 445 g/mol. The monoisotopic (exact) mass is 444 g/mol. The fourth-order valence-electron chi connectivity index (χ4n) is 3.92. The molecule has 0 bridgehead atoms. The maximum atomic E-state index is 13.3. The van der Waals surface area contributed by atoms with Crippen molar-refractivity contribution in [3.63, 3.8) is 0 Å². The molecule has 1 heterocycles. The highest BCUT2D eigenvalue weighted by Crippen LogP contribution is 2.29. The smallest absolute Gasteiger partial charge is 0.255 e. The first kappa shape index (κ1) is 22.4. The number of aromatic amines is 1. The van der Waals surface area contributed by atoms with Gasteiger partial charge in [-0.15, -0.1) is 0 Å². The number of carbonyl (C=O) groups is 1. The van der Waals surface area contributed by atoms with E-state index in [1.807, 2.05) is 56.4 Å². The van der Waals surface area contributed by atoms with Gasteiger partial charge < -0.3 is 25.3 Å². The quantitative estimate of drug-likeness (QED) is 0.318. The minimum Gasteiger partial charge on any atom is -0.508 e. The second-order valence-corrected chi connectivity index (χ2v) is 8.34. The molecule has 1 aromatic heterocycles. The Bertz CT molecular complexity index is 1260. The van der Waals surface area contributed by atoms with Crippen LogP contribution in [0, 0.1) is 0 Å². The lowest BCUT2D eigenvalue weighted by Gasteiger charge is -2.19. The molecule has 0 radical (unpaired) electrons. The Labute approximate surface area is 192 Å². The molecule has 0 saturated carbocycles. The summed E-state index contributed by atoms with van der Waals surface area (Å²) in [6.45, 7) is 3.61. The molecule has 1 atom stereocenters. The van der Waals surface area contributed by atoms with Crippen LogP contribution in [0.25, 0.3) is 22.0 Å². The van der Waals surface area contributed by atoms with Crippen LogP contribution in [-0.2, 0) is 6.42 Å². The van der Waals surface area contributed by atoms with Gasteiger partial charge in [0.1, 0.15) is 11.5 Å². The molecule has 0 spiro atoms. The van der Waals surface area contributed by atoms with Crippen LogP contribution in [0.2, 0.25) is 0 Å². The molecule has 0 aliphatic carbocycles. The van der Waals surface area contributed by atoms with E-state index < -0.39 is 6.04 Å². The van der Waals surface area contributed by atoms with Crippen molar-refractivity contribution in [2.24, 2.45) is 0 Å². The molecule has 170 valence electrons. The van der Waals surface area contributed by atoms with Crippen LogP contribution >= 0.6 is 0 Å². The second-order valence-electron chi connectivity index (χ2n) is 8.34. The van der Waals surface area contributed by atoms with Gasteiger partial charge >= 0.3 is 0 Å². The molecule has 4 N–H and O–H groups in total. The summed E-state index contributed by atoms with van der Waals surface area (Å²) in [5, 5.41) is 23.9. The fourth-order valence-corrected chi connectivity index (χ4v) is 3.92. The number of phenolic OH excluding ortho intramolecular Hbond substituents is 1. The minimum atomic E-state index is -0.465. The number of hydrogen-bond donors (Lipinski definition) is 4. The third-order valence-electron chi connectivity index (χ3n) is 5.46. The molecule has 0 fully saturated rings. The van der Waals surface area contributed by atoms with Crippen LogP contribution in [-0.4, -0.2) is 39.9 Å². The first-order valence-electron chi connectivity index (χ1n) is 11.0. The lowest BCUT2D eigenvalue weighted by Crippen LogP contribution is -2.39. The van der Waals surface area contributed by atoms with E-state index in [0.29, 0.717) is 17.7 Å². The summed E-state index contributed by atoms with van der Waals surface area (Å²) in [4.78, 5) is 16.5. The van der Waals surface area contributed by atoms with Gasteiger partial charge in [-0.05, 0) is 67.3 Å². The lowest BCUT2D eigenvalue weighted by molar-refractivity contribution is 0.0910. The predicted molar refractivity (Wildman–Crippen MR) is 130 cm³/mol. The highest BCUT2D eigenvalue weighted by Gasteiger charge is 2.20. The Morgan fingerprint density at radius 1 is 1.03 bits per heavy atom. The summed E-state index contributed by atoms with van der Waals surface area (Å²) in [6, 6.07) is 19.7. The van der Waals surface area contributed by atoms with Crippen molar-refractivity contribution in [1.82, 2.24) is 10.3 Å². The van der Waals surface area contributed by atoms with E-state index in [2.05, 4.69) is 10.3 Å². The van der Waals surface area contributed by atoms with E-state index in [0.717, 1.165) is 27.6 Å². The zero-order chi connectivity index (χ0) is 23.4. The number of H-pyrrole nitrogens is 1. The molecule has 0 aliphatic rings. The van der Waals surface area contributed by atoms with Crippen molar-refractivity contribution in [1.29, 1.82) is 0 Å². The Balaban J connectivity index is 1.61. The summed E-state index contributed by atoms with van der Waals surface area (Å²) in [5.74, 6) is 0.293. The van der Waals surface area contributed by atoms with E-state index >= 15 is 0 Å². The largest absolute Gasteiger partial charge is 0.508 e. The van der Waals surface area contributed by atoms with Gasteiger partial charge in [0.15, 0.2) is 0 Å². The topological polar surface area (TPSA) is 94.6 Å². The van der Waals surface area contributed by atoms with E-state index in [-0.39, 0.29) is 24.4 Å². The van der Waals surface area contributed by atoms with Crippen LogP contribution < -0.4 is 10.1 Å². The first-order valence-corrected chi connectivity index (χ1v) is 11.0. The number of rotatable bonds is 8. The fraction of sp³-hybridized carbons (Fsp3) is 0.222. The number of aromatic nitrogens is 1. The van der Waals surface area contributed by atoms with E-state index in [1.165, 1.54) is 0 Å². The molecule has 6 heteroatoms. The molecule has 0 saturated heterocycles. The number of fused-ring (bicyclic) bond motifs is 1. The summed E-state index contributed by atoms with van der Waals surface area (Å²) < 4.78 is 5.88. The van der Waals surface area contributed by atoms with Gasteiger partial charge in [-0.25, -0.2) is 0 Å². The zero-order valence-electron chi connectivity index (χ0n) is 18.7. The molecule has 1 unspecified atom stereocenters. The summed E-state index contributed by atoms with van der Waals surface area (Å²) in [6.07, 6.45) is 2.29. The Morgan fingerprint density at radius 2 is 1.82 bits per heavy atom. The number of aliphatic hydroxyl groups is 1. The first-order chi connectivity index (χ1) is 15.9.